The molecular formula is C22H22N6O. The second-order valence-corrected chi connectivity index (χ2v) is 8.61. The molecule has 2 unspecified atom stereocenters. The number of anilines is 1. The highest BCUT2D eigenvalue weighted by Crippen LogP contribution is 2.42. The van der Waals surface area contributed by atoms with Gasteiger partial charge in [-0.2, -0.15) is 5.10 Å². The molecule has 1 N–H and O–H groups in total. The molecule has 1 aliphatic carbocycles. The number of hydrogen-bond donors (Lipinski definition) is 1. The van der Waals surface area contributed by atoms with Crippen LogP contribution in [0.1, 0.15) is 37.3 Å². The number of rotatable bonds is 3. The lowest BCUT2D eigenvalue weighted by atomic mass is 10.1. The molecule has 7 heteroatoms. The van der Waals surface area contributed by atoms with E-state index in [9.17, 15) is 0 Å². The second-order valence-electron chi connectivity index (χ2n) is 8.61. The van der Waals surface area contributed by atoms with Crippen molar-refractivity contribution in [3.05, 3.63) is 42.2 Å². The monoisotopic (exact) mass is 386 g/mol. The van der Waals surface area contributed by atoms with E-state index in [1.807, 2.05) is 10.7 Å². The number of aromatic nitrogens is 5. The number of fused-ring (bicyclic) bond motifs is 4. The summed E-state index contributed by atoms with van der Waals surface area (Å²) in [5, 5.41) is 13.9. The maximum absolute atomic E-state index is 5.99. The summed E-state index contributed by atoms with van der Waals surface area (Å²) in [6.45, 7) is 1.84. The van der Waals surface area contributed by atoms with Crippen LogP contribution in [0.25, 0.3) is 27.8 Å². The second kappa shape index (κ2) is 5.79. The first-order valence-electron chi connectivity index (χ1n) is 10.6. The lowest BCUT2D eigenvalue weighted by molar-refractivity contribution is 0.0301. The van der Waals surface area contributed by atoms with Crippen molar-refractivity contribution in [1.29, 1.82) is 0 Å². The molecule has 2 atom stereocenters. The van der Waals surface area contributed by atoms with Crippen LogP contribution in [0.4, 0.5) is 5.82 Å². The Morgan fingerprint density at radius 2 is 1.86 bits per heavy atom. The predicted molar refractivity (Wildman–Crippen MR) is 110 cm³/mol. The van der Waals surface area contributed by atoms with Crippen LogP contribution in [0.5, 0.6) is 0 Å². The standard InChI is InChI=1S/C22H22N6O/c1-2-13(1)22-17-9-14(3-6-18(17)24-25-22)19-10-23-20-7-8-21(26-28(19)20)27-11-15-4-5-16(12-27)29-15/h3,6-10,13,15-16H,1-2,4-5,11-12H2,(H,24,25). The fourth-order valence-electron chi connectivity index (χ4n) is 4.90. The molecule has 3 fully saturated rings. The molecule has 146 valence electrons. The van der Waals surface area contributed by atoms with Gasteiger partial charge in [0.2, 0.25) is 0 Å². The van der Waals surface area contributed by atoms with E-state index in [-0.39, 0.29) is 0 Å². The van der Waals surface area contributed by atoms with Crippen LogP contribution in [0, 0.1) is 0 Å². The molecular weight excluding hydrogens is 364 g/mol. The van der Waals surface area contributed by atoms with Gasteiger partial charge in [-0.15, -0.1) is 5.10 Å². The van der Waals surface area contributed by atoms with Gasteiger partial charge in [0.15, 0.2) is 5.65 Å². The van der Waals surface area contributed by atoms with Crippen molar-refractivity contribution >= 4 is 22.4 Å². The molecule has 4 aromatic rings. The maximum Gasteiger partial charge on any atom is 0.154 e. The van der Waals surface area contributed by atoms with E-state index < -0.39 is 0 Å². The van der Waals surface area contributed by atoms with Gasteiger partial charge in [0.05, 0.1) is 29.6 Å². The van der Waals surface area contributed by atoms with E-state index in [2.05, 4.69) is 50.4 Å². The summed E-state index contributed by atoms with van der Waals surface area (Å²) in [5.41, 5.74) is 5.31. The molecule has 7 rings (SSSR count). The van der Waals surface area contributed by atoms with Crippen LogP contribution in [0.2, 0.25) is 0 Å². The number of H-pyrrole nitrogens is 1. The van der Waals surface area contributed by atoms with Crippen LogP contribution in [-0.2, 0) is 4.74 Å². The van der Waals surface area contributed by atoms with Crippen molar-refractivity contribution in [2.24, 2.45) is 0 Å². The molecule has 2 bridgehead atoms. The molecule has 2 aliphatic heterocycles. The molecule has 7 nitrogen and oxygen atoms in total. The fraction of sp³-hybridized carbons (Fsp3) is 0.409. The largest absolute Gasteiger partial charge is 0.371 e. The molecule has 3 aliphatic rings. The third-order valence-electron chi connectivity index (χ3n) is 6.58. The lowest BCUT2D eigenvalue weighted by Gasteiger charge is -2.32. The molecule has 1 aromatic carbocycles. The molecule has 5 heterocycles. The Morgan fingerprint density at radius 1 is 1.00 bits per heavy atom. The van der Waals surface area contributed by atoms with Gasteiger partial charge in [-0.1, -0.05) is 6.07 Å². The van der Waals surface area contributed by atoms with E-state index >= 15 is 0 Å². The lowest BCUT2D eigenvalue weighted by Crippen LogP contribution is -2.43. The topological polar surface area (TPSA) is 71.3 Å². The number of nitrogens with one attached hydrogen (secondary N) is 1. The smallest absolute Gasteiger partial charge is 0.154 e. The van der Waals surface area contributed by atoms with Gasteiger partial charge < -0.3 is 9.64 Å². The minimum Gasteiger partial charge on any atom is -0.371 e. The minimum atomic E-state index is 0.345. The average Bonchev–Trinajstić information content (AvgIpc) is 3.23. The van der Waals surface area contributed by atoms with Crippen LogP contribution in [0.15, 0.2) is 36.5 Å². The summed E-state index contributed by atoms with van der Waals surface area (Å²) in [6, 6.07) is 10.6. The van der Waals surface area contributed by atoms with Gasteiger partial charge in [0, 0.05) is 35.7 Å². The van der Waals surface area contributed by atoms with Gasteiger partial charge in [-0.3, -0.25) is 5.10 Å². The number of imidazole rings is 1. The van der Waals surface area contributed by atoms with E-state index in [4.69, 9.17) is 9.84 Å². The first-order chi connectivity index (χ1) is 14.3. The number of hydrogen-bond acceptors (Lipinski definition) is 5. The fourth-order valence-corrected chi connectivity index (χ4v) is 4.90. The van der Waals surface area contributed by atoms with Crippen LogP contribution < -0.4 is 4.90 Å². The van der Waals surface area contributed by atoms with Crippen molar-refractivity contribution in [1.82, 2.24) is 24.8 Å². The Morgan fingerprint density at radius 3 is 2.69 bits per heavy atom. The quantitative estimate of drug-likeness (QED) is 0.583. The van der Waals surface area contributed by atoms with Crippen molar-refractivity contribution < 1.29 is 4.74 Å². The van der Waals surface area contributed by atoms with Gasteiger partial charge >= 0.3 is 0 Å². The zero-order valence-corrected chi connectivity index (χ0v) is 16.1. The van der Waals surface area contributed by atoms with Crippen LogP contribution in [-0.4, -0.2) is 50.1 Å². The van der Waals surface area contributed by atoms with Gasteiger partial charge in [-0.25, -0.2) is 9.50 Å². The van der Waals surface area contributed by atoms with E-state index in [0.717, 1.165) is 54.2 Å². The van der Waals surface area contributed by atoms with Gasteiger partial charge in [0.25, 0.3) is 0 Å². The highest BCUT2D eigenvalue weighted by Gasteiger charge is 2.34. The Labute approximate surface area is 167 Å². The van der Waals surface area contributed by atoms with E-state index in [0.29, 0.717) is 18.1 Å². The number of ether oxygens (including phenoxy) is 1. The first-order valence-corrected chi connectivity index (χ1v) is 10.6. The summed E-state index contributed by atoms with van der Waals surface area (Å²) in [7, 11) is 0. The highest BCUT2D eigenvalue weighted by molar-refractivity contribution is 5.87. The maximum atomic E-state index is 5.99. The number of morpholine rings is 1. The number of aromatic amines is 1. The zero-order valence-electron chi connectivity index (χ0n) is 16.1. The Hall–Kier alpha value is -2.93. The molecule has 1 saturated carbocycles. The van der Waals surface area contributed by atoms with Crippen molar-refractivity contribution in [3.8, 4) is 11.3 Å². The third kappa shape index (κ3) is 2.50. The van der Waals surface area contributed by atoms with Gasteiger partial charge in [-0.05, 0) is 49.9 Å². The Bertz CT molecular complexity index is 1230. The summed E-state index contributed by atoms with van der Waals surface area (Å²) in [6.07, 6.45) is 7.44. The minimum absolute atomic E-state index is 0.345. The van der Waals surface area contributed by atoms with Crippen molar-refractivity contribution in [2.45, 2.75) is 43.8 Å². The van der Waals surface area contributed by atoms with Crippen LogP contribution >= 0.6 is 0 Å². The highest BCUT2D eigenvalue weighted by atomic mass is 16.5. The molecule has 29 heavy (non-hydrogen) atoms. The zero-order chi connectivity index (χ0) is 18.9. The molecule has 0 amide bonds. The number of benzene rings is 1. The van der Waals surface area contributed by atoms with E-state index in [1.165, 1.54) is 23.9 Å². The summed E-state index contributed by atoms with van der Waals surface area (Å²) in [5.74, 6) is 1.64. The molecule has 0 spiro atoms. The summed E-state index contributed by atoms with van der Waals surface area (Å²) in [4.78, 5) is 6.96. The summed E-state index contributed by atoms with van der Waals surface area (Å²) >= 11 is 0. The summed E-state index contributed by atoms with van der Waals surface area (Å²) < 4.78 is 7.96. The molecule has 2 saturated heterocycles. The van der Waals surface area contributed by atoms with Gasteiger partial charge in [0.1, 0.15) is 5.82 Å². The molecule has 0 radical (unpaired) electrons. The normalized spacial score (nSPS) is 24.1. The SMILES string of the molecule is c1cc2n[nH]c(C3CC3)c2cc1-c1cnc2ccc(N3CC4CCC(C3)O4)nn12. The van der Waals surface area contributed by atoms with E-state index in [1.54, 1.807) is 0 Å². The number of nitrogens with zero attached hydrogens (tertiary/aromatic N) is 5. The molecule has 3 aromatic heterocycles. The third-order valence-corrected chi connectivity index (χ3v) is 6.58. The predicted octanol–water partition coefficient (Wildman–Crippen LogP) is 3.52. The Balaban J connectivity index is 1.32. The van der Waals surface area contributed by atoms with Crippen LogP contribution in [0.3, 0.4) is 0 Å². The van der Waals surface area contributed by atoms with Crippen molar-refractivity contribution in [2.75, 3.05) is 18.0 Å². The average molecular weight is 386 g/mol. The first kappa shape index (κ1) is 15.9. The van der Waals surface area contributed by atoms with Crippen molar-refractivity contribution in [3.63, 3.8) is 0 Å². The Kier molecular flexibility index (Phi) is 3.18.